The Balaban J connectivity index is 2.22. The number of nitrogens with zero attached hydrogens (tertiary/aromatic N) is 2. The lowest BCUT2D eigenvalue weighted by molar-refractivity contribution is 0.0954. The number of amides is 1. The first-order valence-electron chi connectivity index (χ1n) is 7.69. The van der Waals surface area contributed by atoms with Crippen LogP contribution in [0.2, 0.25) is 0 Å². The van der Waals surface area contributed by atoms with Crippen LogP contribution >= 0.6 is 0 Å². The molecule has 0 spiro atoms. The molecule has 0 saturated heterocycles. The monoisotopic (exact) mass is 353 g/mol. The minimum absolute atomic E-state index is 0.316. The number of nitriles is 1. The topological polar surface area (TPSA) is 92.9 Å². The molecule has 0 aromatic heterocycles. The molecule has 0 heterocycles. The zero-order valence-corrected chi connectivity index (χ0v) is 15.0. The van der Waals surface area contributed by atoms with Crippen molar-refractivity contribution >= 4 is 11.6 Å². The molecule has 2 rings (SSSR count). The minimum Gasteiger partial charge on any atom is -0.493 e. The van der Waals surface area contributed by atoms with Gasteiger partial charge in [-0.1, -0.05) is 12.1 Å². The van der Waals surface area contributed by atoms with Crippen molar-refractivity contribution in [3.05, 3.63) is 53.1 Å². The molecule has 7 heteroatoms. The number of hydrogen-bond acceptors (Lipinski definition) is 6. The quantitative estimate of drug-likeness (QED) is 0.637. The highest BCUT2D eigenvalue weighted by molar-refractivity contribution is 6.01. The minimum atomic E-state index is -0.419. The molecule has 2 aromatic rings. The number of nitrogens with one attached hydrogen (secondary N) is 1. The number of methoxy groups -OCH3 is 3. The molecule has 0 aliphatic heterocycles. The van der Waals surface area contributed by atoms with E-state index in [1.165, 1.54) is 21.3 Å². The standard InChI is InChI=1S/C19H19N3O4/c1-12(14-7-5-13(11-20)6-8-14)21-22-19(23)15-9-16(24-2)18(26-4)17(10-15)25-3/h5-10H,1-4H3,(H,22,23)/b21-12+. The SMILES string of the molecule is COc1cc(C(=O)N/N=C(\C)c2ccc(C#N)cc2)cc(OC)c1OC. The van der Waals surface area contributed by atoms with E-state index in [1.54, 1.807) is 43.3 Å². The molecule has 26 heavy (non-hydrogen) atoms. The van der Waals surface area contributed by atoms with Gasteiger partial charge in [-0.05, 0) is 36.8 Å². The van der Waals surface area contributed by atoms with Crippen molar-refractivity contribution in [1.29, 1.82) is 5.26 Å². The van der Waals surface area contributed by atoms with Crippen molar-refractivity contribution < 1.29 is 19.0 Å². The van der Waals surface area contributed by atoms with E-state index in [-0.39, 0.29) is 0 Å². The maximum Gasteiger partial charge on any atom is 0.271 e. The number of benzene rings is 2. The third kappa shape index (κ3) is 4.11. The molecule has 0 unspecified atom stereocenters. The second-order valence-electron chi connectivity index (χ2n) is 5.24. The van der Waals surface area contributed by atoms with Gasteiger partial charge in [0.05, 0.1) is 38.7 Å². The van der Waals surface area contributed by atoms with Gasteiger partial charge in [0.2, 0.25) is 5.75 Å². The van der Waals surface area contributed by atoms with Gasteiger partial charge in [-0.2, -0.15) is 10.4 Å². The van der Waals surface area contributed by atoms with Crippen LogP contribution in [0.15, 0.2) is 41.5 Å². The van der Waals surface area contributed by atoms with Gasteiger partial charge in [0, 0.05) is 5.56 Å². The smallest absolute Gasteiger partial charge is 0.271 e. The molecular weight excluding hydrogens is 334 g/mol. The fraction of sp³-hybridized carbons (Fsp3) is 0.211. The lowest BCUT2D eigenvalue weighted by Gasteiger charge is -2.13. The fourth-order valence-electron chi connectivity index (χ4n) is 2.26. The lowest BCUT2D eigenvalue weighted by atomic mass is 10.1. The molecule has 1 amide bonds. The first-order chi connectivity index (χ1) is 12.5. The highest BCUT2D eigenvalue weighted by Crippen LogP contribution is 2.38. The fourth-order valence-corrected chi connectivity index (χ4v) is 2.26. The predicted octanol–water partition coefficient (Wildman–Crippen LogP) is 2.74. The van der Waals surface area contributed by atoms with Crippen molar-refractivity contribution in [2.75, 3.05) is 21.3 Å². The van der Waals surface area contributed by atoms with Gasteiger partial charge in [-0.15, -0.1) is 0 Å². The third-order valence-corrected chi connectivity index (χ3v) is 3.68. The van der Waals surface area contributed by atoms with E-state index in [1.807, 2.05) is 0 Å². The summed E-state index contributed by atoms with van der Waals surface area (Å²) in [4.78, 5) is 12.4. The summed E-state index contributed by atoms with van der Waals surface area (Å²) in [7, 11) is 4.45. The second-order valence-corrected chi connectivity index (χ2v) is 5.24. The summed E-state index contributed by atoms with van der Waals surface area (Å²) in [6.07, 6.45) is 0. The van der Waals surface area contributed by atoms with Crippen LogP contribution < -0.4 is 19.6 Å². The Morgan fingerprint density at radius 2 is 1.58 bits per heavy atom. The van der Waals surface area contributed by atoms with Crippen molar-refractivity contribution in [2.24, 2.45) is 5.10 Å². The van der Waals surface area contributed by atoms with Gasteiger partial charge >= 0.3 is 0 Å². The molecule has 0 atom stereocenters. The van der Waals surface area contributed by atoms with Gasteiger partial charge in [0.25, 0.3) is 5.91 Å². The summed E-state index contributed by atoms with van der Waals surface area (Å²) in [5.74, 6) is 0.746. The summed E-state index contributed by atoms with van der Waals surface area (Å²) >= 11 is 0. The van der Waals surface area contributed by atoms with E-state index in [2.05, 4.69) is 16.6 Å². The van der Waals surface area contributed by atoms with Crippen LogP contribution in [0.25, 0.3) is 0 Å². The normalized spacial score (nSPS) is 10.7. The van der Waals surface area contributed by atoms with E-state index in [4.69, 9.17) is 19.5 Å². The highest BCUT2D eigenvalue weighted by atomic mass is 16.5. The van der Waals surface area contributed by atoms with Gasteiger partial charge < -0.3 is 14.2 Å². The summed E-state index contributed by atoms with van der Waals surface area (Å²) in [5.41, 5.74) is 4.78. The summed E-state index contributed by atoms with van der Waals surface area (Å²) in [6.45, 7) is 1.76. The van der Waals surface area contributed by atoms with E-state index in [0.717, 1.165) is 5.56 Å². The molecular formula is C19H19N3O4. The Bertz CT molecular complexity index is 842. The molecule has 0 fully saturated rings. The molecule has 0 aliphatic rings. The van der Waals surface area contributed by atoms with Crippen LogP contribution in [0.3, 0.4) is 0 Å². The Morgan fingerprint density at radius 3 is 2.04 bits per heavy atom. The summed E-state index contributed by atoms with van der Waals surface area (Å²) in [5, 5.41) is 12.9. The zero-order chi connectivity index (χ0) is 19.1. The molecule has 0 aliphatic carbocycles. The van der Waals surface area contributed by atoms with Crippen LogP contribution in [0.4, 0.5) is 0 Å². The third-order valence-electron chi connectivity index (χ3n) is 3.68. The van der Waals surface area contributed by atoms with Gasteiger partial charge in [0.1, 0.15) is 0 Å². The van der Waals surface area contributed by atoms with E-state index < -0.39 is 5.91 Å². The van der Waals surface area contributed by atoms with E-state index in [0.29, 0.717) is 34.1 Å². The van der Waals surface area contributed by atoms with Crippen LogP contribution in [-0.4, -0.2) is 32.9 Å². The van der Waals surface area contributed by atoms with Gasteiger partial charge in [0.15, 0.2) is 11.5 Å². The zero-order valence-electron chi connectivity index (χ0n) is 15.0. The number of rotatable bonds is 6. The van der Waals surface area contributed by atoms with Crippen LogP contribution in [-0.2, 0) is 0 Å². The maximum atomic E-state index is 12.4. The van der Waals surface area contributed by atoms with Crippen LogP contribution in [0.5, 0.6) is 17.2 Å². The molecule has 0 bridgehead atoms. The van der Waals surface area contributed by atoms with Crippen LogP contribution in [0, 0.1) is 11.3 Å². The van der Waals surface area contributed by atoms with Crippen LogP contribution in [0.1, 0.15) is 28.4 Å². The Morgan fingerprint density at radius 1 is 1.00 bits per heavy atom. The maximum absolute atomic E-state index is 12.4. The molecule has 7 nitrogen and oxygen atoms in total. The van der Waals surface area contributed by atoms with Crippen molar-refractivity contribution in [1.82, 2.24) is 5.43 Å². The van der Waals surface area contributed by atoms with Gasteiger partial charge in [-0.25, -0.2) is 5.43 Å². The second kappa shape index (κ2) is 8.53. The number of carbonyl (C=O) groups excluding carboxylic acids is 1. The molecule has 0 saturated carbocycles. The first-order valence-corrected chi connectivity index (χ1v) is 7.69. The van der Waals surface area contributed by atoms with Crippen molar-refractivity contribution in [2.45, 2.75) is 6.92 Å². The lowest BCUT2D eigenvalue weighted by Crippen LogP contribution is -2.19. The summed E-state index contributed by atoms with van der Waals surface area (Å²) < 4.78 is 15.7. The first kappa shape index (κ1) is 18.8. The largest absolute Gasteiger partial charge is 0.493 e. The average molecular weight is 353 g/mol. The number of carbonyl (C=O) groups is 1. The van der Waals surface area contributed by atoms with Crippen molar-refractivity contribution in [3.63, 3.8) is 0 Å². The average Bonchev–Trinajstić information content (AvgIpc) is 2.70. The number of ether oxygens (including phenoxy) is 3. The van der Waals surface area contributed by atoms with E-state index >= 15 is 0 Å². The molecule has 2 aromatic carbocycles. The highest BCUT2D eigenvalue weighted by Gasteiger charge is 2.16. The molecule has 1 N–H and O–H groups in total. The summed E-state index contributed by atoms with van der Waals surface area (Å²) in [6, 6.07) is 12.1. The molecule has 0 radical (unpaired) electrons. The Kier molecular flexibility index (Phi) is 6.17. The van der Waals surface area contributed by atoms with Crippen molar-refractivity contribution in [3.8, 4) is 23.3 Å². The van der Waals surface area contributed by atoms with E-state index in [9.17, 15) is 4.79 Å². The Hall–Kier alpha value is -3.53. The Labute approximate surface area is 151 Å². The predicted molar refractivity (Wildman–Crippen MR) is 96.9 cm³/mol. The molecule has 134 valence electrons. The number of hydrogen-bond donors (Lipinski definition) is 1. The number of hydrazone groups is 1. The van der Waals surface area contributed by atoms with Gasteiger partial charge in [-0.3, -0.25) is 4.79 Å².